The number of amides is 1. The number of nitrogens with zero attached hydrogens (tertiary/aromatic N) is 5. The third-order valence-corrected chi connectivity index (χ3v) is 4.35. The fraction of sp³-hybridized carbons (Fsp3) is 0.105. The van der Waals surface area contributed by atoms with Gasteiger partial charge in [0.05, 0.1) is 0 Å². The maximum atomic E-state index is 12.3. The first kappa shape index (κ1) is 18.6. The first-order valence-electron chi connectivity index (χ1n) is 8.65. The summed E-state index contributed by atoms with van der Waals surface area (Å²) in [5.74, 6) is 0.346. The second-order valence-electron chi connectivity index (χ2n) is 6.33. The molecular formula is C19H16ClN7O2. The maximum absolute atomic E-state index is 12.3. The van der Waals surface area contributed by atoms with E-state index in [4.69, 9.17) is 21.9 Å². The molecule has 4 rings (SSSR count). The Morgan fingerprint density at radius 1 is 1.24 bits per heavy atom. The van der Waals surface area contributed by atoms with Crippen molar-refractivity contribution >= 4 is 29.0 Å². The van der Waals surface area contributed by atoms with Gasteiger partial charge in [0.25, 0.3) is 5.89 Å². The largest absolute Gasteiger partial charge is 0.382 e. The highest BCUT2D eigenvalue weighted by molar-refractivity contribution is 6.30. The zero-order valence-electron chi connectivity index (χ0n) is 15.3. The van der Waals surface area contributed by atoms with E-state index in [0.717, 1.165) is 11.1 Å². The highest BCUT2D eigenvalue weighted by atomic mass is 35.5. The van der Waals surface area contributed by atoms with Crippen LogP contribution in [-0.4, -0.2) is 31.0 Å². The molecule has 2 aromatic heterocycles. The molecule has 1 amide bonds. The highest BCUT2D eigenvalue weighted by Crippen LogP contribution is 2.25. The Kier molecular flexibility index (Phi) is 4.96. The van der Waals surface area contributed by atoms with E-state index >= 15 is 0 Å². The molecule has 4 aromatic rings. The molecule has 0 spiro atoms. The molecule has 0 aliphatic heterocycles. The lowest BCUT2D eigenvalue weighted by atomic mass is 10.1. The smallest absolute Gasteiger partial charge is 0.282 e. The van der Waals surface area contributed by atoms with Gasteiger partial charge in [-0.25, -0.2) is 4.68 Å². The van der Waals surface area contributed by atoms with Gasteiger partial charge >= 0.3 is 0 Å². The van der Waals surface area contributed by atoms with Gasteiger partial charge in [0.1, 0.15) is 6.54 Å². The topological polar surface area (TPSA) is 125 Å². The number of hydrogen-bond acceptors (Lipinski definition) is 7. The van der Waals surface area contributed by atoms with Crippen LogP contribution in [0.2, 0.25) is 5.02 Å². The van der Waals surface area contributed by atoms with Crippen LogP contribution >= 0.6 is 11.6 Å². The third-order valence-electron chi connectivity index (χ3n) is 4.11. The van der Waals surface area contributed by atoms with Crippen molar-refractivity contribution in [3.8, 4) is 23.0 Å². The molecule has 29 heavy (non-hydrogen) atoms. The Morgan fingerprint density at radius 2 is 2.03 bits per heavy atom. The molecule has 146 valence electrons. The summed E-state index contributed by atoms with van der Waals surface area (Å²) in [5, 5.41) is 15.1. The quantitative estimate of drug-likeness (QED) is 0.518. The zero-order valence-corrected chi connectivity index (χ0v) is 16.1. The van der Waals surface area contributed by atoms with Crippen LogP contribution in [0.5, 0.6) is 0 Å². The van der Waals surface area contributed by atoms with Gasteiger partial charge in [0, 0.05) is 16.3 Å². The molecule has 0 saturated heterocycles. The second-order valence-corrected chi connectivity index (χ2v) is 6.77. The van der Waals surface area contributed by atoms with E-state index in [1.54, 1.807) is 24.3 Å². The summed E-state index contributed by atoms with van der Waals surface area (Å²) >= 11 is 5.92. The molecule has 0 bridgehead atoms. The predicted molar refractivity (Wildman–Crippen MR) is 108 cm³/mol. The van der Waals surface area contributed by atoms with E-state index < -0.39 is 0 Å². The highest BCUT2D eigenvalue weighted by Gasteiger charge is 2.20. The lowest BCUT2D eigenvalue weighted by molar-refractivity contribution is -0.116. The van der Waals surface area contributed by atoms with Crippen molar-refractivity contribution in [1.82, 2.24) is 25.1 Å². The van der Waals surface area contributed by atoms with Gasteiger partial charge < -0.3 is 15.6 Å². The summed E-state index contributed by atoms with van der Waals surface area (Å²) in [5.41, 5.74) is 8.79. The number of anilines is 2. The van der Waals surface area contributed by atoms with Gasteiger partial charge in [0.2, 0.25) is 11.7 Å². The van der Waals surface area contributed by atoms with Crippen molar-refractivity contribution in [1.29, 1.82) is 0 Å². The van der Waals surface area contributed by atoms with Crippen LogP contribution in [0.15, 0.2) is 53.1 Å². The average Bonchev–Trinajstić information content (AvgIpc) is 3.30. The SMILES string of the molecule is Cc1ccc(-c2noc(-c3nnn(CC(=O)Nc4cccc(Cl)c4)c3N)n2)cc1. The molecule has 0 fully saturated rings. The Labute approximate surface area is 170 Å². The Morgan fingerprint density at radius 3 is 2.79 bits per heavy atom. The lowest BCUT2D eigenvalue weighted by Gasteiger charge is -2.06. The molecule has 2 aromatic carbocycles. The summed E-state index contributed by atoms with van der Waals surface area (Å²) in [6.07, 6.45) is 0. The van der Waals surface area contributed by atoms with Crippen molar-refractivity contribution in [3.63, 3.8) is 0 Å². The summed E-state index contributed by atoms with van der Waals surface area (Å²) in [7, 11) is 0. The van der Waals surface area contributed by atoms with Crippen molar-refractivity contribution in [2.75, 3.05) is 11.1 Å². The monoisotopic (exact) mass is 409 g/mol. The number of halogens is 1. The predicted octanol–water partition coefficient (Wildman–Crippen LogP) is 3.18. The Bertz CT molecular complexity index is 1170. The second kappa shape index (κ2) is 7.72. The van der Waals surface area contributed by atoms with E-state index in [1.807, 2.05) is 31.2 Å². The maximum Gasteiger partial charge on any atom is 0.282 e. The van der Waals surface area contributed by atoms with Crippen LogP contribution in [0, 0.1) is 6.92 Å². The minimum atomic E-state index is -0.332. The fourth-order valence-corrected chi connectivity index (χ4v) is 2.82. The number of carbonyl (C=O) groups is 1. The number of nitrogens with two attached hydrogens (primary N) is 1. The molecule has 0 unspecified atom stereocenters. The van der Waals surface area contributed by atoms with Gasteiger partial charge in [-0.1, -0.05) is 57.9 Å². The number of rotatable bonds is 5. The van der Waals surface area contributed by atoms with Crippen molar-refractivity contribution in [3.05, 3.63) is 59.1 Å². The fourth-order valence-electron chi connectivity index (χ4n) is 2.63. The molecule has 0 aliphatic carbocycles. The van der Waals surface area contributed by atoms with Crippen LogP contribution in [-0.2, 0) is 11.3 Å². The lowest BCUT2D eigenvalue weighted by Crippen LogP contribution is -2.20. The number of nitrogen functional groups attached to an aromatic ring is 1. The minimum Gasteiger partial charge on any atom is -0.382 e. The summed E-state index contributed by atoms with van der Waals surface area (Å²) in [6.45, 7) is 1.86. The zero-order chi connectivity index (χ0) is 20.4. The molecule has 0 aliphatic rings. The molecule has 0 saturated carbocycles. The molecule has 0 atom stereocenters. The van der Waals surface area contributed by atoms with Crippen molar-refractivity contribution < 1.29 is 9.32 Å². The van der Waals surface area contributed by atoms with Gasteiger partial charge in [0.15, 0.2) is 11.5 Å². The minimum absolute atomic E-state index is 0.125. The van der Waals surface area contributed by atoms with Gasteiger partial charge in [-0.05, 0) is 25.1 Å². The van der Waals surface area contributed by atoms with Crippen LogP contribution in [0.4, 0.5) is 11.5 Å². The van der Waals surface area contributed by atoms with Crippen molar-refractivity contribution in [2.45, 2.75) is 13.5 Å². The molecule has 3 N–H and O–H groups in total. The number of aryl methyl sites for hydroxylation is 1. The number of benzene rings is 2. The van der Waals surface area contributed by atoms with E-state index in [-0.39, 0.29) is 29.9 Å². The average molecular weight is 410 g/mol. The van der Waals surface area contributed by atoms with E-state index in [1.165, 1.54) is 4.68 Å². The molecule has 0 radical (unpaired) electrons. The first-order chi connectivity index (χ1) is 14.0. The van der Waals surface area contributed by atoms with E-state index in [0.29, 0.717) is 16.5 Å². The number of hydrogen-bond donors (Lipinski definition) is 2. The van der Waals surface area contributed by atoms with Gasteiger partial charge in [-0.15, -0.1) is 5.10 Å². The number of nitrogens with one attached hydrogen (secondary N) is 1. The van der Waals surface area contributed by atoms with Gasteiger partial charge in [-0.3, -0.25) is 4.79 Å². The van der Waals surface area contributed by atoms with Gasteiger partial charge in [-0.2, -0.15) is 4.98 Å². The normalized spacial score (nSPS) is 10.8. The van der Waals surface area contributed by atoms with Crippen LogP contribution < -0.4 is 11.1 Å². The first-order valence-corrected chi connectivity index (χ1v) is 9.03. The molecular weight excluding hydrogens is 394 g/mol. The third kappa shape index (κ3) is 4.09. The van der Waals surface area contributed by atoms with Crippen LogP contribution in [0.3, 0.4) is 0 Å². The summed E-state index contributed by atoms with van der Waals surface area (Å²) < 4.78 is 6.53. The Balaban J connectivity index is 1.50. The van der Waals surface area contributed by atoms with Crippen LogP contribution in [0.1, 0.15) is 5.56 Å². The molecule has 10 heteroatoms. The van der Waals surface area contributed by atoms with E-state index in [9.17, 15) is 4.79 Å². The molecule has 2 heterocycles. The van der Waals surface area contributed by atoms with Crippen LogP contribution in [0.25, 0.3) is 23.0 Å². The Hall–Kier alpha value is -3.72. The van der Waals surface area contributed by atoms with Crippen molar-refractivity contribution in [2.24, 2.45) is 0 Å². The molecule has 9 nitrogen and oxygen atoms in total. The van der Waals surface area contributed by atoms with E-state index in [2.05, 4.69) is 25.8 Å². The summed E-state index contributed by atoms with van der Waals surface area (Å²) in [4.78, 5) is 16.6. The number of aromatic nitrogens is 5. The standard InChI is InChI=1S/C19H16ClN7O2/c1-11-5-7-12(8-6-11)18-23-19(29-25-18)16-17(21)27(26-24-16)10-15(28)22-14-4-2-3-13(20)9-14/h2-9H,10,21H2,1H3,(H,22,28). The number of carbonyl (C=O) groups excluding carboxylic acids is 1. The summed E-state index contributed by atoms with van der Waals surface area (Å²) in [6, 6.07) is 14.5.